The van der Waals surface area contributed by atoms with E-state index in [0.29, 0.717) is 11.6 Å². The van der Waals surface area contributed by atoms with Gasteiger partial charge in [-0.15, -0.1) is 0 Å². The monoisotopic (exact) mass is 226 g/mol. The van der Waals surface area contributed by atoms with Gasteiger partial charge in [0.25, 0.3) is 0 Å². The Morgan fingerprint density at radius 2 is 2.06 bits per heavy atom. The van der Waals surface area contributed by atoms with Crippen LogP contribution in [0.4, 0.5) is 13.2 Å². The van der Waals surface area contributed by atoms with Crippen molar-refractivity contribution >= 4 is 5.65 Å². The van der Waals surface area contributed by atoms with Gasteiger partial charge in [0.05, 0.1) is 11.3 Å². The van der Waals surface area contributed by atoms with Crippen molar-refractivity contribution in [3.8, 4) is 0 Å². The summed E-state index contributed by atoms with van der Waals surface area (Å²) in [5, 5.41) is 0. The Labute approximate surface area is 89.7 Å². The van der Waals surface area contributed by atoms with E-state index >= 15 is 0 Å². The lowest BCUT2D eigenvalue weighted by molar-refractivity contribution is -0.137. The molecule has 2 nitrogen and oxygen atoms in total. The maximum Gasteiger partial charge on any atom is 0.416 e. The van der Waals surface area contributed by atoms with Crippen molar-refractivity contribution < 1.29 is 13.2 Å². The molecule has 16 heavy (non-hydrogen) atoms. The first kappa shape index (κ1) is 9.69. The van der Waals surface area contributed by atoms with Crippen LogP contribution in [0.5, 0.6) is 0 Å². The van der Waals surface area contributed by atoms with Crippen LogP contribution in [0.25, 0.3) is 5.65 Å². The van der Waals surface area contributed by atoms with Crippen LogP contribution in [0.3, 0.4) is 0 Å². The molecule has 0 aromatic carbocycles. The second-order valence-corrected chi connectivity index (χ2v) is 4.12. The van der Waals surface area contributed by atoms with E-state index in [9.17, 15) is 13.2 Å². The number of aromatic nitrogens is 2. The van der Waals surface area contributed by atoms with Crippen LogP contribution in [0.1, 0.15) is 30.0 Å². The highest BCUT2D eigenvalue weighted by Gasteiger charge is 2.31. The Morgan fingerprint density at radius 3 is 2.69 bits per heavy atom. The van der Waals surface area contributed by atoms with Crippen molar-refractivity contribution in [2.45, 2.75) is 24.9 Å². The number of hydrogen-bond acceptors (Lipinski definition) is 1. The largest absolute Gasteiger partial charge is 0.416 e. The molecule has 0 unspecified atom stereocenters. The standard InChI is InChI=1S/C11H9F3N2/c12-11(13,14)8-3-4-16-6-9(7-1-2-7)15-10(16)5-8/h3-7H,1-2H2. The number of halogens is 3. The molecule has 5 heteroatoms. The summed E-state index contributed by atoms with van der Waals surface area (Å²) in [6, 6.07) is 2.16. The minimum atomic E-state index is -4.30. The fraction of sp³-hybridized carbons (Fsp3) is 0.364. The number of imidazole rings is 1. The van der Waals surface area contributed by atoms with E-state index in [1.54, 1.807) is 4.40 Å². The predicted molar refractivity (Wildman–Crippen MR) is 52.2 cm³/mol. The lowest BCUT2D eigenvalue weighted by atomic mass is 10.2. The van der Waals surface area contributed by atoms with E-state index < -0.39 is 11.7 Å². The molecule has 0 saturated heterocycles. The third-order valence-electron chi connectivity index (χ3n) is 2.80. The van der Waals surface area contributed by atoms with E-state index in [1.807, 2.05) is 6.20 Å². The predicted octanol–water partition coefficient (Wildman–Crippen LogP) is 3.23. The van der Waals surface area contributed by atoms with Crippen molar-refractivity contribution in [2.24, 2.45) is 0 Å². The molecule has 0 spiro atoms. The molecular formula is C11H9F3N2. The molecule has 1 aliphatic carbocycles. The van der Waals surface area contributed by atoms with Crippen LogP contribution < -0.4 is 0 Å². The Hall–Kier alpha value is -1.52. The van der Waals surface area contributed by atoms with Crippen molar-refractivity contribution in [2.75, 3.05) is 0 Å². The van der Waals surface area contributed by atoms with Crippen LogP contribution >= 0.6 is 0 Å². The third-order valence-corrected chi connectivity index (χ3v) is 2.80. The molecular weight excluding hydrogens is 217 g/mol. The van der Waals surface area contributed by atoms with E-state index in [1.165, 1.54) is 6.20 Å². The highest BCUT2D eigenvalue weighted by atomic mass is 19.4. The molecule has 1 fully saturated rings. The molecule has 1 saturated carbocycles. The van der Waals surface area contributed by atoms with Gasteiger partial charge in [-0.05, 0) is 25.0 Å². The Bertz CT molecular complexity index is 538. The molecule has 0 radical (unpaired) electrons. The third kappa shape index (κ3) is 1.56. The number of pyridine rings is 1. The number of nitrogens with zero attached hydrogens (tertiary/aromatic N) is 2. The summed E-state index contributed by atoms with van der Waals surface area (Å²) >= 11 is 0. The molecule has 1 aliphatic rings. The van der Waals surface area contributed by atoms with Crippen LogP contribution in [-0.2, 0) is 6.18 Å². The van der Waals surface area contributed by atoms with Crippen molar-refractivity contribution in [1.82, 2.24) is 9.38 Å². The lowest BCUT2D eigenvalue weighted by Crippen LogP contribution is -2.05. The minimum absolute atomic E-state index is 0.372. The zero-order valence-electron chi connectivity index (χ0n) is 8.33. The second-order valence-electron chi connectivity index (χ2n) is 4.12. The zero-order valence-corrected chi connectivity index (χ0v) is 8.33. The van der Waals surface area contributed by atoms with Crippen molar-refractivity contribution in [3.63, 3.8) is 0 Å². The smallest absolute Gasteiger partial charge is 0.307 e. The molecule has 0 N–H and O–H groups in total. The molecule has 2 aromatic heterocycles. The van der Waals surface area contributed by atoms with E-state index in [4.69, 9.17) is 0 Å². The topological polar surface area (TPSA) is 17.3 Å². The van der Waals surface area contributed by atoms with Crippen LogP contribution in [0.15, 0.2) is 24.5 Å². The molecule has 0 amide bonds. The normalized spacial score (nSPS) is 16.9. The average Bonchev–Trinajstić information content (AvgIpc) is 2.96. The first-order valence-corrected chi connectivity index (χ1v) is 5.10. The fourth-order valence-electron chi connectivity index (χ4n) is 1.75. The summed E-state index contributed by atoms with van der Waals surface area (Å²) < 4.78 is 39.0. The molecule has 2 heterocycles. The SMILES string of the molecule is FC(F)(F)c1ccn2cc(C3CC3)nc2c1. The van der Waals surface area contributed by atoms with Crippen LogP contribution in [0.2, 0.25) is 0 Å². The number of alkyl halides is 3. The van der Waals surface area contributed by atoms with Gasteiger partial charge in [0.2, 0.25) is 0 Å². The lowest BCUT2D eigenvalue weighted by Gasteiger charge is -2.05. The number of rotatable bonds is 1. The first-order valence-electron chi connectivity index (χ1n) is 5.10. The van der Waals surface area contributed by atoms with E-state index in [0.717, 1.165) is 30.7 Å². The summed E-state index contributed by atoms with van der Waals surface area (Å²) in [6.07, 6.45) is 1.11. The highest BCUT2D eigenvalue weighted by molar-refractivity contribution is 5.44. The van der Waals surface area contributed by atoms with Crippen LogP contribution in [0, 0.1) is 0 Å². The minimum Gasteiger partial charge on any atom is -0.307 e. The van der Waals surface area contributed by atoms with Gasteiger partial charge in [-0.2, -0.15) is 13.2 Å². The van der Waals surface area contributed by atoms with Gasteiger partial charge >= 0.3 is 6.18 Å². The maximum absolute atomic E-state index is 12.5. The highest BCUT2D eigenvalue weighted by Crippen LogP contribution is 2.39. The first-order chi connectivity index (χ1) is 7.54. The maximum atomic E-state index is 12.5. The summed E-state index contributed by atoms with van der Waals surface area (Å²) in [4.78, 5) is 4.21. The quantitative estimate of drug-likeness (QED) is 0.729. The molecule has 0 bridgehead atoms. The van der Waals surface area contributed by atoms with Gasteiger partial charge in [0, 0.05) is 18.3 Å². The molecule has 84 valence electrons. The summed E-state index contributed by atoms with van der Waals surface area (Å²) in [6.45, 7) is 0. The summed E-state index contributed by atoms with van der Waals surface area (Å²) in [5.41, 5.74) is 0.629. The van der Waals surface area contributed by atoms with Gasteiger partial charge in [-0.3, -0.25) is 0 Å². The molecule has 0 aliphatic heterocycles. The van der Waals surface area contributed by atoms with E-state index in [2.05, 4.69) is 4.98 Å². The Kier molecular flexibility index (Phi) is 1.81. The van der Waals surface area contributed by atoms with Crippen LogP contribution in [-0.4, -0.2) is 9.38 Å². The van der Waals surface area contributed by atoms with Gasteiger partial charge in [-0.1, -0.05) is 0 Å². The molecule has 3 rings (SSSR count). The summed E-state index contributed by atoms with van der Waals surface area (Å²) in [7, 11) is 0. The molecule has 0 atom stereocenters. The van der Waals surface area contributed by atoms with Gasteiger partial charge in [0.15, 0.2) is 0 Å². The summed E-state index contributed by atoms with van der Waals surface area (Å²) in [5.74, 6) is 0.453. The fourth-order valence-corrected chi connectivity index (χ4v) is 1.75. The zero-order chi connectivity index (χ0) is 11.3. The van der Waals surface area contributed by atoms with E-state index in [-0.39, 0.29) is 0 Å². The Balaban J connectivity index is 2.10. The number of fused-ring (bicyclic) bond motifs is 1. The van der Waals surface area contributed by atoms with Crippen molar-refractivity contribution in [1.29, 1.82) is 0 Å². The van der Waals surface area contributed by atoms with Crippen molar-refractivity contribution in [3.05, 3.63) is 35.8 Å². The second kappa shape index (κ2) is 2.99. The van der Waals surface area contributed by atoms with Gasteiger partial charge in [0.1, 0.15) is 5.65 Å². The molecule has 2 aromatic rings. The van der Waals surface area contributed by atoms with Gasteiger partial charge in [-0.25, -0.2) is 4.98 Å². The average molecular weight is 226 g/mol. The number of hydrogen-bond donors (Lipinski definition) is 0. The Morgan fingerprint density at radius 1 is 1.31 bits per heavy atom. The van der Waals surface area contributed by atoms with Gasteiger partial charge < -0.3 is 4.40 Å².